The number of carbonyl (C=O) groups is 1. The first-order valence-corrected chi connectivity index (χ1v) is 12.9. The zero-order chi connectivity index (χ0) is 24.2. The molecule has 7 heteroatoms. The van der Waals surface area contributed by atoms with E-state index in [-0.39, 0.29) is 10.8 Å². The quantitative estimate of drug-likeness (QED) is 0.280. The van der Waals surface area contributed by atoms with Crippen LogP contribution in [0.4, 0.5) is 5.69 Å². The van der Waals surface area contributed by atoms with Crippen LogP contribution in [-0.2, 0) is 21.2 Å². The molecule has 178 valence electrons. The van der Waals surface area contributed by atoms with E-state index in [1.807, 2.05) is 37.3 Å². The summed E-state index contributed by atoms with van der Waals surface area (Å²) in [6.45, 7) is 2.56. The molecule has 0 aliphatic heterocycles. The van der Waals surface area contributed by atoms with Gasteiger partial charge < -0.3 is 5.32 Å². The minimum Gasteiger partial charge on any atom is -0.353 e. The molecule has 0 fully saturated rings. The number of benzene rings is 2. The highest BCUT2D eigenvalue weighted by atomic mass is 32.2. The summed E-state index contributed by atoms with van der Waals surface area (Å²) in [6, 6.07) is 18.1. The Hall–Kier alpha value is -3.45. The van der Waals surface area contributed by atoms with Crippen LogP contribution in [0.1, 0.15) is 42.4 Å². The van der Waals surface area contributed by atoms with Gasteiger partial charge in [0, 0.05) is 30.7 Å². The molecule has 0 bridgehead atoms. The first-order chi connectivity index (χ1) is 16.4. The van der Waals surface area contributed by atoms with Gasteiger partial charge in [0.25, 0.3) is 10.0 Å². The third kappa shape index (κ3) is 8.48. The van der Waals surface area contributed by atoms with Crippen molar-refractivity contribution in [3.05, 3.63) is 95.8 Å². The van der Waals surface area contributed by atoms with Crippen LogP contribution in [0.3, 0.4) is 0 Å². The molecule has 0 spiro atoms. The van der Waals surface area contributed by atoms with Crippen molar-refractivity contribution in [2.24, 2.45) is 0 Å². The van der Waals surface area contributed by atoms with Crippen LogP contribution in [0.15, 0.2) is 84.0 Å². The summed E-state index contributed by atoms with van der Waals surface area (Å²) in [5.41, 5.74) is 3.45. The summed E-state index contributed by atoms with van der Waals surface area (Å²) < 4.78 is 28.1. The second kappa shape index (κ2) is 12.7. The first-order valence-electron chi connectivity index (χ1n) is 11.5. The Kier molecular flexibility index (Phi) is 9.40. The van der Waals surface area contributed by atoms with Crippen LogP contribution in [0.2, 0.25) is 0 Å². The van der Waals surface area contributed by atoms with Gasteiger partial charge in [0.1, 0.15) is 0 Å². The Bertz CT molecular complexity index is 1210. The zero-order valence-electron chi connectivity index (χ0n) is 19.4. The van der Waals surface area contributed by atoms with Crippen LogP contribution in [0.5, 0.6) is 0 Å². The van der Waals surface area contributed by atoms with E-state index in [1.54, 1.807) is 48.8 Å². The van der Waals surface area contributed by atoms with Crippen molar-refractivity contribution in [3.63, 3.8) is 0 Å². The molecule has 0 aliphatic carbocycles. The van der Waals surface area contributed by atoms with Crippen molar-refractivity contribution >= 4 is 27.7 Å². The van der Waals surface area contributed by atoms with Gasteiger partial charge in [-0.05, 0) is 79.3 Å². The number of hydrogen-bond donors (Lipinski definition) is 2. The van der Waals surface area contributed by atoms with E-state index in [9.17, 15) is 13.2 Å². The SMILES string of the molecule is Cc1cccc(NS(=O)(=O)c2cccc(CCCCCCNC(=O)/C=C/c3cccnc3)c2)c1. The maximum absolute atomic E-state index is 12.7. The monoisotopic (exact) mass is 477 g/mol. The van der Waals surface area contributed by atoms with Gasteiger partial charge in [-0.1, -0.05) is 43.2 Å². The summed E-state index contributed by atoms with van der Waals surface area (Å²) in [5, 5.41) is 2.89. The molecule has 2 aromatic carbocycles. The fraction of sp³-hybridized carbons (Fsp3) is 0.259. The number of rotatable bonds is 12. The average Bonchev–Trinajstić information content (AvgIpc) is 2.83. The highest BCUT2D eigenvalue weighted by Crippen LogP contribution is 2.19. The zero-order valence-corrected chi connectivity index (χ0v) is 20.2. The maximum Gasteiger partial charge on any atom is 0.261 e. The van der Waals surface area contributed by atoms with Crippen LogP contribution in [0.25, 0.3) is 6.08 Å². The van der Waals surface area contributed by atoms with E-state index in [1.165, 1.54) is 6.08 Å². The van der Waals surface area contributed by atoms with Crippen LogP contribution in [0, 0.1) is 6.92 Å². The van der Waals surface area contributed by atoms with E-state index in [4.69, 9.17) is 0 Å². The lowest BCUT2D eigenvalue weighted by atomic mass is 10.1. The number of unbranched alkanes of at least 4 members (excludes halogenated alkanes) is 3. The lowest BCUT2D eigenvalue weighted by molar-refractivity contribution is -0.116. The van der Waals surface area contributed by atoms with Crippen molar-refractivity contribution in [2.45, 2.75) is 43.9 Å². The van der Waals surface area contributed by atoms with E-state index in [2.05, 4.69) is 15.0 Å². The highest BCUT2D eigenvalue weighted by Gasteiger charge is 2.14. The molecule has 0 unspecified atom stereocenters. The molecule has 0 radical (unpaired) electrons. The number of aromatic nitrogens is 1. The van der Waals surface area contributed by atoms with Crippen molar-refractivity contribution in [1.29, 1.82) is 0 Å². The van der Waals surface area contributed by atoms with Crippen molar-refractivity contribution in [3.8, 4) is 0 Å². The van der Waals surface area contributed by atoms with Gasteiger partial charge in [-0.15, -0.1) is 0 Å². The third-order valence-corrected chi connectivity index (χ3v) is 6.66. The van der Waals surface area contributed by atoms with E-state index in [0.717, 1.165) is 48.8 Å². The van der Waals surface area contributed by atoms with Gasteiger partial charge in [0.05, 0.1) is 4.90 Å². The molecule has 3 aromatic rings. The average molecular weight is 478 g/mol. The largest absolute Gasteiger partial charge is 0.353 e. The molecule has 0 saturated carbocycles. The predicted octanol–water partition coefficient (Wildman–Crippen LogP) is 5.12. The second-order valence-electron chi connectivity index (χ2n) is 8.20. The van der Waals surface area contributed by atoms with Crippen molar-refractivity contribution in [1.82, 2.24) is 10.3 Å². The Morgan fingerprint density at radius 3 is 2.59 bits per heavy atom. The van der Waals surface area contributed by atoms with Crippen LogP contribution >= 0.6 is 0 Å². The number of anilines is 1. The molecule has 34 heavy (non-hydrogen) atoms. The van der Waals surface area contributed by atoms with Crippen LogP contribution in [-0.4, -0.2) is 25.9 Å². The minimum absolute atomic E-state index is 0.110. The van der Waals surface area contributed by atoms with Crippen LogP contribution < -0.4 is 10.0 Å². The summed E-state index contributed by atoms with van der Waals surface area (Å²) >= 11 is 0. The maximum atomic E-state index is 12.7. The topological polar surface area (TPSA) is 88.2 Å². The third-order valence-electron chi connectivity index (χ3n) is 5.28. The van der Waals surface area contributed by atoms with Gasteiger partial charge >= 0.3 is 0 Å². The second-order valence-corrected chi connectivity index (χ2v) is 9.88. The van der Waals surface area contributed by atoms with Gasteiger partial charge in [0.15, 0.2) is 0 Å². The molecule has 0 aliphatic rings. The molecular formula is C27H31N3O3S. The summed E-state index contributed by atoms with van der Waals surface area (Å²) in [5.74, 6) is -0.110. The smallest absolute Gasteiger partial charge is 0.261 e. The van der Waals surface area contributed by atoms with E-state index < -0.39 is 10.0 Å². The van der Waals surface area contributed by atoms with Gasteiger partial charge in [-0.2, -0.15) is 0 Å². The highest BCUT2D eigenvalue weighted by molar-refractivity contribution is 7.92. The Morgan fingerprint density at radius 2 is 1.79 bits per heavy atom. The molecule has 0 atom stereocenters. The normalized spacial score (nSPS) is 11.4. The number of nitrogens with zero attached hydrogens (tertiary/aromatic N) is 1. The fourth-order valence-electron chi connectivity index (χ4n) is 3.52. The minimum atomic E-state index is -3.63. The lowest BCUT2D eigenvalue weighted by Gasteiger charge is -2.10. The summed E-state index contributed by atoms with van der Waals surface area (Å²) in [6.07, 6.45) is 11.4. The Balaban J connectivity index is 1.36. The number of pyridine rings is 1. The fourth-order valence-corrected chi connectivity index (χ4v) is 4.63. The summed E-state index contributed by atoms with van der Waals surface area (Å²) in [7, 11) is -3.63. The van der Waals surface area contributed by atoms with E-state index >= 15 is 0 Å². The molecule has 3 rings (SSSR count). The molecular weight excluding hydrogens is 446 g/mol. The molecule has 2 N–H and O–H groups in total. The number of amides is 1. The molecule has 1 amide bonds. The Labute approximate surface area is 202 Å². The molecule has 1 aromatic heterocycles. The summed E-state index contributed by atoms with van der Waals surface area (Å²) in [4.78, 5) is 16.1. The van der Waals surface area contributed by atoms with Gasteiger partial charge in [-0.3, -0.25) is 14.5 Å². The lowest BCUT2D eigenvalue weighted by Crippen LogP contribution is -2.21. The van der Waals surface area contributed by atoms with Gasteiger partial charge in [0.2, 0.25) is 5.91 Å². The standard InChI is InChI=1S/C27H31N3O3S/c1-22-9-6-13-25(19-22)30-34(32,33)26-14-7-11-23(20-26)10-4-2-3-5-18-29-27(31)16-15-24-12-8-17-28-21-24/h6-9,11-17,19-21,30H,2-5,10,18H2,1H3,(H,29,31)/b16-15+. The van der Waals surface area contributed by atoms with E-state index in [0.29, 0.717) is 12.2 Å². The molecule has 6 nitrogen and oxygen atoms in total. The molecule has 1 heterocycles. The molecule has 0 saturated heterocycles. The number of aryl methyl sites for hydroxylation is 2. The number of carbonyl (C=O) groups excluding carboxylic acids is 1. The predicted molar refractivity (Wildman–Crippen MR) is 137 cm³/mol. The van der Waals surface area contributed by atoms with Gasteiger partial charge in [-0.25, -0.2) is 8.42 Å². The number of sulfonamides is 1. The number of hydrogen-bond acceptors (Lipinski definition) is 4. The Morgan fingerprint density at radius 1 is 0.971 bits per heavy atom. The van der Waals surface area contributed by atoms with Crippen molar-refractivity contribution < 1.29 is 13.2 Å². The number of nitrogens with one attached hydrogen (secondary N) is 2. The first kappa shape index (κ1) is 25.2. The van der Waals surface area contributed by atoms with Crippen molar-refractivity contribution in [2.75, 3.05) is 11.3 Å².